The second-order valence-electron chi connectivity index (χ2n) is 8.38. The van der Waals surface area contributed by atoms with Crippen molar-refractivity contribution in [2.75, 3.05) is 0 Å². The molecule has 4 aromatic rings. The van der Waals surface area contributed by atoms with E-state index in [9.17, 15) is 9.18 Å². The van der Waals surface area contributed by atoms with Crippen LogP contribution in [0.1, 0.15) is 51.0 Å². The van der Waals surface area contributed by atoms with Gasteiger partial charge in [0.05, 0.1) is 9.77 Å². The first-order valence-electron chi connectivity index (χ1n) is 9.36. The zero-order valence-corrected chi connectivity index (χ0v) is 19.0. The highest BCUT2D eigenvalue weighted by Crippen LogP contribution is 2.34. The van der Waals surface area contributed by atoms with E-state index in [1.54, 1.807) is 18.3 Å². The molecule has 0 N–H and O–H groups in total. The summed E-state index contributed by atoms with van der Waals surface area (Å²) in [5.41, 5.74) is 3.63. The molecule has 150 valence electrons. The molecule has 0 aliphatic heterocycles. The van der Waals surface area contributed by atoms with Crippen molar-refractivity contribution >= 4 is 50.8 Å². The van der Waals surface area contributed by atoms with Crippen molar-refractivity contribution < 1.29 is 9.18 Å². The summed E-state index contributed by atoms with van der Waals surface area (Å²) >= 11 is 2.27. The highest BCUT2D eigenvalue weighted by Gasteiger charge is 2.28. The molecule has 1 aromatic carbocycles. The fourth-order valence-electron chi connectivity index (χ4n) is 3.31. The SMILES string of the molecule is CC(C)c1c(I)c2nc3c(cnn3C(=O)C(C)(C)C)nc2n1-c1ccc(F)cc1. The molecule has 0 fully saturated rings. The number of rotatable bonds is 2. The van der Waals surface area contributed by atoms with Crippen molar-refractivity contribution in [3.8, 4) is 5.69 Å². The minimum atomic E-state index is -0.591. The maximum Gasteiger partial charge on any atom is 0.254 e. The minimum absolute atomic E-state index is 0.141. The van der Waals surface area contributed by atoms with Gasteiger partial charge in [-0.1, -0.05) is 34.6 Å². The molecule has 0 atom stereocenters. The van der Waals surface area contributed by atoms with E-state index in [4.69, 9.17) is 9.97 Å². The van der Waals surface area contributed by atoms with Gasteiger partial charge >= 0.3 is 0 Å². The molecule has 0 aliphatic carbocycles. The summed E-state index contributed by atoms with van der Waals surface area (Å²) in [7, 11) is 0. The molecule has 0 amide bonds. The first kappa shape index (κ1) is 19.9. The van der Waals surface area contributed by atoms with Crippen molar-refractivity contribution in [2.45, 2.75) is 40.5 Å². The van der Waals surface area contributed by atoms with Gasteiger partial charge in [0.15, 0.2) is 11.3 Å². The Balaban J connectivity index is 2.05. The van der Waals surface area contributed by atoms with Crippen LogP contribution < -0.4 is 0 Å². The van der Waals surface area contributed by atoms with E-state index < -0.39 is 5.41 Å². The predicted molar refractivity (Wildman–Crippen MR) is 119 cm³/mol. The van der Waals surface area contributed by atoms with Crippen LogP contribution in [0, 0.1) is 14.8 Å². The smallest absolute Gasteiger partial charge is 0.254 e. The van der Waals surface area contributed by atoms with Crippen molar-refractivity contribution in [1.82, 2.24) is 24.3 Å². The largest absolute Gasteiger partial charge is 0.296 e. The van der Waals surface area contributed by atoms with Gasteiger partial charge in [0.1, 0.15) is 16.9 Å². The molecule has 6 nitrogen and oxygen atoms in total. The molecule has 29 heavy (non-hydrogen) atoms. The fourth-order valence-corrected chi connectivity index (χ4v) is 4.53. The number of carbonyl (C=O) groups excluding carboxylic acids is 1. The van der Waals surface area contributed by atoms with Gasteiger partial charge in [-0.2, -0.15) is 9.78 Å². The lowest BCUT2D eigenvalue weighted by atomic mass is 9.96. The Morgan fingerprint density at radius 1 is 1.10 bits per heavy atom. The first-order chi connectivity index (χ1) is 13.6. The molecule has 3 heterocycles. The van der Waals surface area contributed by atoms with Gasteiger partial charge < -0.3 is 0 Å². The Bertz CT molecular complexity index is 1250. The Labute approximate surface area is 181 Å². The zero-order valence-electron chi connectivity index (χ0n) is 16.9. The molecular weight excluding hydrogens is 484 g/mol. The van der Waals surface area contributed by atoms with E-state index in [0.29, 0.717) is 22.3 Å². The van der Waals surface area contributed by atoms with Crippen LogP contribution >= 0.6 is 22.6 Å². The van der Waals surface area contributed by atoms with E-state index in [2.05, 4.69) is 41.5 Å². The predicted octanol–water partition coefficient (Wildman–Crippen LogP) is 5.32. The summed E-state index contributed by atoms with van der Waals surface area (Å²) in [6.45, 7) is 9.74. The standard InChI is InChI=1S/C21H21FIN5O/c1-11(2)17-15(23)16-19(27(17)13-8-6-12(22)7-9-13)25-14-10-24-28(18(14)26-16)20(29)21(3,4)5/h6-11H,1-5H3. The zero-order chi connectivity index (χ0) is 21.1. The summed E-state index contributed by atoms with van der Waals surface area (Å²) in [4.78, 5) is 22.4. The molecule has 0 aliphatic rings. The summed E-state index contributed by atoms with van der Waals surface area (Å²) < 4.78 is 17.8. The average Bonchev–Trinajstić information content (AvgIpc) is 3.18. The number of halogens is 2. The van der Waals surface area contributed by atoms with Crippen LogP contribution in [0.5, 0.6) is 0 Å². The van der Waals surface area contributed by atoms with E-state index in [1.165, 1.54) is 16.8 Å². The molecule has 0 unspecified atom stereocenters. The molecule has 0 radical (unpaired) electrons. The van der Waals surface area contributed by atoms with Crippen LogP contribution in [0.4, 0.5) is 4.39 Å². The third-order valence-electron chi connectivity index (χ3n) is 4.73. The molecule has 8 heteroatoms. The molecule has 3 aromatic heterocycles. The monoisotopic (exact) mass is 505 g/mol. The third kappa shape index (κ3) is 3.23. The van der Waals surface area contributed by atoms with Crippen LogP contribution in [-0.2, 0) is 0 Å². The van der Waals surface area contributed by atoms with Gasteiger partial charge in [-0.3, -0.25) is 9.36 Å². The van der Waals surface area contributed by atoms with Gasteiger partial charge in [0, 0.05) is 16.8 Å². The second-order valence-corrected chi connectivity index (χ2v) is 9.46. The van der Waals surface area contributed by atoms with Gasteiger partial charge in [-0.05, 0) is 52.8 Å². The fraction of sp³-hybridized carbons (Fsp3) is 0.333. The van der Waals surface area contributed by atoms with Gasteiger partial charge in [0.2, 0.25) is 0 Å². The number of carbonyl (C=O) groups is 1. The number of fused-ring (bicyclic) bond motifs is 2. The number of benzene rings is 1. The lowest BCUT2D eigenvalue weighted by Crippen LogP contribution is -2.27. The summed E-state index contributed by atoms with van der Waals surface area (Å²) in [6.07, 6.45) is 1.56. The summed E-state index contributed by atoms with van der Waals surface area (Å²) in [6, 6.07) is 6.33. The van der Waals surface area contributed by atoms with Crippen LogP contribution in [0.25, 0.3) is 28.0 Å². The second kappa shape index (κ2) is 6.86. The van der Waals surface area contributed by atoms with E-state index >= 15 is 0 Å². The Hall–Kier alpha value is -2.36. The number of hydrogen-bond donors (Lipinski definition) is 0. The Kier molecular flexibility index (Phi) is 4.71. The molecular formula is C21H21FIN5O. The highest BCUT2D eigenvalue weighted by atomic mass is 127. The Morgan fingerprint density at radius 3 is 2.34 bits per heavy atom. The minimum Gasteiger partial charge on any atom is -0.296 e. The van der Waals surface area contributed by atoms with Crippen molar-refractivity contribution in [3.05, 3.63) is 45.5 Å². The lowest BCUT2D eigenvalue weighted by Gasteiger charge is -2.15. The van der Waals surface area contributed by atoms with Crippen LogP contribution in [0.15, 0.2) is 30.5 Å². The normalized spacial score (nSPS) is 12.4. The van der Waals surface area contributed by atoms with Crippen LogP contribution in [0.3, 0.4) is 0 Å². The topological polar surface area (TPSA) is 65.6 Å². The van der Waals surface area contributed by atoms with Gasteiger partial charge in [-0.15, -0.1) is 0 Å². The quantitative estimate of drug-likeness (QED) is 0.346. The van der Waals surface area contributed by atoms with E-state index in [1.807, 2.05) is 25.3 Å². The lowest BCUT2D eigenvalue weighted by molar-refractivity contribution is 0.0754. The third-order valence-corrected chi connectivity index (χ3v) is 5.80. The average molecular weight is 505 g/mol. The highest BCUT2D eigenvalue weighted by molar-refractivity contribution is 14.1. The van der Waals surface area contributed by atoms with Gasteiger partial charge in [0.25, 0.3) is 5.91 Å². The number of hydrogen-bond acceptors (Lipinski definition) is 4. The number of nitrogens with zero attached hydrogens (tertiary/aromatic N) is 5. The van der Waals surface area contributed by atoms with Crippen molar-refractivity contribution in [1.29, 1.82) is 0 Å². The summed E-state index contributed by atoms with van der Waals surface area (Å²) in [5, 5.41) is 4.25. The van der Waals surface area contributed by atoms with Crippen molar-refractivity contribution in [2.24, 2.45) is 5.41 Å². The maximum absolute atomic E-state index is 13.5. The number of aromatic nitrogens is 5. The van der Waals surface area contributed by atoms with Crippen molar-refractivity contribution in [3.63, 3.8) is 0 Å². The summed E-state index contributed by atoms with van der Waals surface area (Å²) in [5.74, 6) is -0.238. The van der Waals surface area contributed by atoms with Crippen LogP contribution in [-0.4, -0.2) is 30.2 Å². The molecule has 0 bridgehead atoms. The van der Waals surface area contributed by atoms with Gasteiger partial charge in [-0.25, -0.2) is 14.4 Å². The maximum atomic E-state index is 13.5. The molecule has 0 spiro atoms. The first-order valence-corrected chi connectivity index (χ1v) is 10.4. The van der Waals surface area contributed by atoms with E-state index in [0.717, 1.165) is 15.0 Å². The molecule has 0 saturated heterocycles. The molecule has 0 saturated carbocycles. The van der Waals surface area contributed by atoms with E-state index in [-0.39, 0.29) is 17.6 Å². The Morgan fingerprint density at radius 2 is 1.76 bits per heavy atom. The van der Waals surface area contributed by atoms with Crippen LogP contribution in [0.2, 0.25) is 0 Å². The molecule has 4 rings (SSSR count).